The van der Waals surface area contributed by atoms with Crippen molar-refractivity contribution in [2.75, 3.05) is 13.2 Å². The van der Waals surface area contributed by atoms with Crippen molar-refractivity contribution in [2.45, 2.75) is 20.0 Å². The van der Waals surface area contributed by atoms with Crippen molar-refractivity contribution in [3.8, 4) is 5.69 Å². The van der Waals surface area contributed by atoms with Crippen molar-refractivity contribution in [2.24, 2.45) is 0 Å². The van der Waals surface area contributed by atoms with E-state index in [1.807, 2.05) is 6.07 Å². The molecule has 0 bridgehead atoms. The summed E-state index contributed by atoms with van der Waals surface area (Å²) in [4.78, 5) is 12.1. The minimum atomic E-state index is -0.442. The molecule has 116 valence electrons. The highest BCUT2D eigenvalue weighted by atomic mass is 35.5. The fourth-order valence-corrected chi connectivity index (χ4v) is 2.72. The van der Waals surface area contributed by atoms with Crippen LogP contribution in [0.25, 0.3) is 5.69 Å². The Kier molecular flexibility index (Phi) is 4.38. The summed E-state index contributed by atoms with van der Waals surface area (Å²) in [5, 5.41) is 5.32. The quantitative estimate of drug-likeness (QED) is 0.803. The number of aromatic nitrogens is 2. The van der Waals surface area contributed by atoms with E-state index in [0.717, 1.165) is 16.9 Å². The largest absolute Gasteiger partial charge is 0.461 e. The summed E-state index contributed by atoms with van der Waals surface area (Å²) < 4.78 is 12.2. The summed E-state index contributed by atoms with van der Waals surface area (Å²) in [5.41, 5.74) is 2.76. The molecule has 1 aliphatic heterocycles. The van der Waals surface area contributed by atoms with Gasteiger partial charge in [0, 0.05) is 12.0 Å². The Morgan fingerprint density at radius 1 is 1.41 bits per heavy atom. The molecule has 2 aromatic rings. The van der Waals surface area contributed by atoms with E-state index >= 15 is 0 Å². The van der Waals surface area contributed by atoms with Crippen molar-refractivity contribution < 1.29 is 14.3 Å². The van der Waals surface area contributed by atoms with Crippen LogP contribution in [-0.4, -0.2) is 29.0 Å². The summed E-state index contributed by atoms with van der Waals surface area (Å²) in [6.45, 7) is 3.00. The Morgan fingerprint density at radius 2 is 2.23 bits per heavy atom. The van der Waals surface area contributed by atoms with Gasteiger partial charge < -0.3 is 9.47 Å². The van der Waals surface area contributed by atoms with Crippen LogP contribution in [0.3, 0.4) is 0 Å². The second-order valence-electron chi connectivity index (χ2n) is 4.81. The van der Waals surface area contributed by atoms with E-state index in [4.69, 9.17) is 32.7 Å². The third-order valence-electron chi connectivity index (χ3n) is 3.44. The first-order chi connectivity index (χ1) is 10.6. The monoisotopic (exact) mass is 340 g/mol. The maximum Gasteiger partial charge on any atom is 0.359 e. The Hall–Kier alpha value is -1.56. The molecular formula is C15H14Cl2N2O3. The number of halogens is 2. The van der Waals surface area contributed by atoms with E-state index in [2.05, 4.69) is 5.10 Å². The van der Waals surface area contributed by atoms with Gasteiger partial charge in [0.25, 0.3) is 0 Å². The molecule has 5 nitrogen and oxygen atoms in total. The average Bonchev–Trinajstić information content (AvgIpc) is 2.90. The number of hydrogen-bond acceptors (Lipinski definition) is 4. The van der Waals surface area contributed by atoms with Crippen LogP contribution in [0.2, 0.25) is 10.0 Å². The summed E-state index contributed by atoms with van der Waals surface area (Å²) >= 11 is 12.0. The van der Waals surface area contributed by atoms with Crippen LogP contribution in [-0.2, 0) is 22.5 Å². The maximum absolute atomic E-state index is 12.1. The molecule has 0 amide bonds. The van der Waals surface area contributed by atoms with E-state index in [1.165, 1.54) is 0 Å². The molecule has 0 saturated carbocycles. The van der Waals surface area contributed by atoms with Crippen LogP contribution in [0.15, 0.2) is 18.2 Å². The molecule has 0 radical (unpaired) electrons. The summed E-state index contributed by atoms with van der Waals surface area (Å²) in [6.07, 6.45) is 0.669. The van der Waals surface area contributed by atoms with Crippen LogP contribution in [0, 0.1) is 0 Å². The Morgan fingerprint density at radius 3 is 2.95 bits per heavy atom. The van der Waals surface area contributed by atoms with E-state index in [9.17, 15) is 4.79 Å². The van der Waals surface area contributed by atoms with Crippen LogP contribution >= 0.6 is 23.2 Å². The topological polar surface area (TPSA) is 53.3 Å². The van der Waals surface area contributed by atoms with Gasteiger partial charge in [0.05, 0.1) is 41.2 Å². The number of carbonyl (C=O) groups is 1. The molecule has 1 aliphatic rings. The van der Waals surface area contributed by atoms with Crippen LogP contribution in [0.5, 0.6) is 0 Å². The van der Waals surface area contributed by atoms with Gasteiger partial charge in [-0.1, -0.05) is 23.2 Å². The third-order valence-corrected chi connectivity index (χ3v) is 4.18. The van der Waals surface area contributed by atoms with Crippen LogP contribution < -0.4 is 0 Å². The first-order valence-electron chi connectivity index (χ1n) is 6.93. The molecular weight excluding hydrogens is 327 g/mol. The Labute approximate surface area is 137 Å². The molecule has 0 saturated heterocycles. The first kappa shape index (κ1) is 15.3. The van der Waals surface area contributed by atoms with Crippen molar-refractivity contribution >= 4 is 29.2 Å². The first-order valence-corrected chi connectivity index (χ1v) is 7.68. The van der Waals surface area contributed by atoms with Crippen LogP contribution in [0.1, 0.15) is 28.7 Å². The lowest BCUT2D eigenvalue weighted by Crippen LogP contribution is -2.14. The van der Waals surface area contributed by atoms with E-state index in [0.29, 0.717) is 42.0 Å². The van der Waals surface area contributed by atoms with Gasteiger partial charge >= 0.3 is 5.97 Å². The Balaban J connectivity index is 2.11. The maximum atomic E-state index is 12.1. The summed E-state index contributed by atoms with van der Waals surface area (Å²) in [6, 6.07) is 5.24. The normalized spacial score (nSPS) is 13.8. The molecule has 0 spiro atoms. The SMILES string of the molecule is CCOC(=O)c1nn(-c2ccc(Cl)c(Cl)c2)c2c1COCC2. The van der Waals surface area contributed by atoms with Crippen LogP contribution in [0.4, 0.5) is 0 Å². The van der Waals surface area contributed by atoms with Gasteiger partial charge in [0.1, 0.15) is 0 Å². The predicted octanol–water partition coefficient (Wildman–Crippen LogP) is 3.43. The summed E-state index contributed by atoms with van der Waals surface area (Å²) in [5.74, 6) is -0.442. The van der Waals surface area contributed by atoms with Gasteiger partial charge in [-0.05, 0) is 25.1 Å². The number of ether oxygens (including phenoxy) is 2. The lowest BCUT2D eigenvalue weighted by molar-refractivity contribution is 0.0509. The smallest absolute Gasteiger partial charge is 0.359 e. The molecule has 0 N–H and O–H groups in total. The van der Waals surface area contributed by atoms with Crippen molar-refractivity contribution in [1.82, 2.24) is 9.78 Å². The molecule has 0 unspecified atom stereocenters. The lowest BCUT2D eigenvalue weighted by atomic mass is 10.1. The van der Waals surface area contributed by atoms with Gasteiger partial charge in [0.2, 0.25) is 0 Å². The second-order valence-corrected chi connectivity index (χ2v) is 5.62. The number of carbonyl (C=O) groups excluding carboxylic acids is 1. The third kappa shape index (κ3) is 2.72. The van der Waals surface area contributed by atoms with Crippen molar-refractivity contribution in [1.29, 1.82) is 0 Å². The highest BCUT2D eigenvalue weighted by Gasteiger charge is 2.27. The van der Waals surface area contributed by atoms with Gasteiger partial charge in [0.15, 0.2) is 5.69 Å². The van der Waals surface area contributed by atoms with Gasteiger partial charge in [-0.25, -0.2) is 9.48 Å². The molecule has 1 aromatic heterocycles. The molecule has 0 aliphatic carbocycles. The van der Waals surface area contributed by atoms with E-state index < -0.39 is 5.97 Å². The summed E-state index contributed by atoms with van der Waals surface area (Å²) in [7, 11) is 0. The predicted molar refractivity (Wildman–Crippen MR) is 82.9 cm³/mol. The average molecular weight is 341 g/mol. The standard InChI is InChI=1S/C15H14Cl2N2O3/c1-2-22-15(20)14-10-8-21-6-5-13(10)19(18-14)9-3-4-11(16)12(17)7-9/h3-4,7H,2,5-6,8H2,1H3. The van der Waals surface area contributed by atoms with Crippen molar-refractivity contribution in [3.63, 3.8) is 0 Å². The molecule has 2 heterocycles. The van der Waals surface area contributed by atoms with Gasteiger partial charge in [-0.15, -0.1) is 0 Å². The Bertz CT molecular complexity index is 728. The fourth-order valence-electron chi connectivity index (χ4n) is 2.43. The highest BCUT2D eigenvalue weighted by Crippen LogP contribution is 2.28. The number of rotatable bonds is 3. The molecule has 22 heavy (non-hydrogen) atoms. The number of hydrogen-bond donors (Lipinski definition) is 0. The molecule has 1 aromatic carbocycles. The molecule has 0 fully saturated rings. The second kappa shape index (κ2) is 6.28. The zero-order chi connectivity index (χ0) is 15.7. The zero-order valence-corrected chi connectivity index (χ0v) is 13.4. The van der Waals surface area contributed by atoms with Gasteiger partial charge in [-0.3, -0.25) is 0 Å². The van der Waals surface area contributed by atoms with Crippen molar-refractivity contribution in [3.05, 3.63) is 45.2 Å². The lowest BCUT2D eigenvalue weighted by Gasteiger charge is -2.15. The number of nitrogens with zero attached hydrogens (tertiary/aromatic N) is 2. The highest BCUT2D eigenvalue weighted by molar-refractivity contribution is 6.42. The molecule has 3 rings (SSSR count). The minimum Gasteiger partial charge on any atom is -0.461 e. The van der Waals surface area contributed by atoms with E-state index in [1.54, 1.807) is 23.7 Å². The minimum absolute atomic E-state index is 0.294. The number of esters is 1. The van der Waals surface area contributed by atoms with E-state index in [-0.39, 0.29) is 0 Å². The number of benzene rings is 1. The number of fused-ring (bicyclic) bond motifs is 1. The molecule has 7 heteroatoms. The van der Waals surface area contributed by atoms with Gasteiger partial charge in [-0.2, -0.15) is 5.10 Å². The fraction of sp³-hybridized carbons (Fsp3) is 0.333. The zero-order valence-electron chi connectivity index (χ0n) is 11.9. The molecule has 0 atom stereocenters.